The van der Waals surface area contributed by atoms with Crippen molar-refractivity contribution in [2.24, 2.45) is 0 Å². The predicted octanol–water partition coefficient (Wildman–Crippen LogP) is 17.3. The number of amides is 6. The smallest absolute Gasteiger partial charge is 0.274 e. The number of aromatic nitrogens is 6. The van der Waals surface area contributed by atoms with Crippen molar-refractivity contribution in [1.82, 2.24) is 92.2 Å². The van der Waals surface area contributed by atoms with E-state index in [1.54, 1.807) is 18.2 Å². The molecule has 6 amide bonds. The molecule has 0 bridgehead atoms. The molecule has 6 aromatic heterocycles. The minimum absolute atomic E-state index is 0.00104. The second-order valence-electron chi connectivity index (χ2n) is 35.2. The fourth-order valence-electron chi connectivity index (χ4n) is 16.3. The molecular formula is C97H176N18O12. The number of carbonyl (C=O) groups excluding carboxylic acids is 6. The van der Waals surface area contributed by atoms with Crippen molar-refractivity contribution in [3.63, 3.8) is 0 Å². The lowest BCUT2D eigenvalue weighted by Gasteiger charge is -2.45. The molecule has 10 unspecified atom stereocenters. The van der Waals surface area contributed by atoms with Gasteiger partial charge in [0, 0.05) is 143 Å². The summed E-state index contributed by atoms with van der Waals surface area (Å²) in [6.07, 6.45) is 10.6. The van der Waals surface area contributed by atoms with Crippen molar-refractivity contribution < 1.29 is 55.9 Å². The highest BCUT2D eigenvalue weighted by Gasteiger charge is 2.42. The number of hydrogen-bond donors (Lipinski definition) is 6. The Morgan fingerprint density at radius 1 is 0.299 bits per heavy atom. The Kier molecular flexibility index (Phi) is 51.3. The zero-order valence-electron chi connectivity index (χ0n) is 86.5. The second-order valence-corrected chi connectivity index (χ2v) is 35.2. The number of likely N-dealkylation sites (N-methyl/N-ethyl adjacent to an activating group) is 6. The fourth-order valence-corrected chi connectivity index (χ4v) is 16.3. The van der Waals surface area contributed by atoms with Crippen LogP contribution < -0.4 is 31.9 Å². The third kappa shape index (κ3) is 31.6. The number of rotatable bonds is 46. The van der Waals surface area contributed by atoms with Gasteiger partial charge in [-0.1, -0.05) is 182 Å². The number of hydrogen-bond acceptors (Lipinski definition) is 24. The molecule has 6 rings (SSSR count). The van der Waals surface area contributed by atoms with E-state index in [-0.39, 0.29) is 105 Å². The standard InChI is InChI=1S/C18H33N3O2.2C17H31N3O2.C16H29N3O2.C15H27N3O2.C14H25N3O2/c1-8-12-18(7,21(10-3)11-4)14(6)19-17(22)16-13(5)15(9-2)23-20-16;1-8-14-12(5)15(19-22-14)16(21)18-13(6)17(7,9-2)20(10-3)11-4;1-7-11-17(6,20(9-3)10-4)13(5)18-16(21)15-12-14(8-2)22-19-15;1-7-13-11-14(18-21-13)15(20)17-12(5)16(6,8-2)19(9-3)10-4;1-8-12-10(3)13(17-20-12)14(19)16-11(4)15(5,6)18(7)9-2;1-7-11-9-12(16-19-11)13(18)15-10(3)14(4,5)17(6)8-2/h14H,8-12H2,1-7H3,(H,19,22);13H,8-11H2,1-7H3,(H,18,21);12-13H,7-11H2,1-6H3,(H,18,21);11-12H,7-10H2,1-6H3,(H,17,20);11H,8-9H2,1-7H3,(H,16,19);9-10H,7-8H2,1-6H3,(H,15,18). The topological polar surface area (TPSA) is 350 Å². The first-order valence-electron chi connectivity index (χ1n) is 47.6. The van der Waals surface area contributed by atoms with Crippen molar-refractivity contribution in [3.8, 4) is 0 Å². The molecule has 0 aliphatic heterocycles. The molecule has 0 spiro atoms. The first-order valence-corrected chi connectivity index (χ1v) is 47.6. The Bertz CT molecular complexity index is 4160. The Labute approximate surface area is 765 Å². The number of carbonyl (C=O) groups is 6. The van der Waals surface area contributed by atoms with Gasteiger partial charge in [-0.25, -0.2) is 0 Å². The van der Waals surface area contributed by atoms with Gasteiger partial charge in [-0.15, -0.1) is 0 Å². The molecule has 0 aliphatic carbocycles. The zero-order valence-corrected chi connectivity index (χ0v) is 86.5. The largest absolute Gasteiger partial charge is 0.361 e. The van der Waals surface area contributed by atoms with E-state index >= 15 is 0 Å². The van der Waals surface area contributed by atoms with E-state index in [2.05, 4.69) is 279 Å². The molecule has 127 heavy (non-hydrogen) atoms. The Morgan fingerprint density at radius 3 is 0.701 bits per heavy atom. The lowest BCUT2D eigenvalue weighted by molar-refractivity contribution is 0.0615. The average Bonchev–Trinajstić information content (AvgIpc) is 1.52. The van der Waals surface area contributed by atoms with Gasteiger partial charge in [-0.2, -0.15) is 0 Å². The first-order chi connectivity index (χ1) is 59.6. The first kappa shape index (κ1) is 117. The van der Waals surface area contributed by atoms with Gasteiger partial charge in [0.25, 0.3) is 35.4 Å². The normalized spacial score (nSPS) is 15.0. The zero-order chi connectivity index (χ0) is 97.5. The maximum absolute atomic E-state index is 12.6. The van der Waals surface area contributed by atoms with Gasteiger partial charge in [0.2, 0.25) is 0 Å². The fraction of sp³-hybridized carbons (Fsp3) is 0.753. The lowest BCUT2D eigenvalue weighted by atomic mass is 9.86. The second kappa shape index (κ2) is 55.8. The summed E-state index contributed by atoms with van der Waals surface area (Å²) >= 11 is 0. The number of nitrogens with zero attached hydrogens (tertiary/aromatic N) is 12. The lowest BCUT2D eigenvalue weighted by Crippen LogP contribution is -2.59. The minimum atomic E-state index is -0.187. The van der Waals surface area contributed by atoms with E-state index in [9.17, 15) is 28.8 Å². The van der Waals surface area contributed by atoms with Gasteiger partial charge in [-0.3, -0.25) is 58.2 Å². The molecule has 6 N–H and O–H groups in total. The van der Waals surface area contributed by atoms with Crippen molar-refractivity contribution >= 4 is 35.4 Å². The third-order valence-electron chi connectivity index (χ3n) is 27.8. The van der Waals surface area contributed by atoms with Gasteiger partial charge < -0.3 is 59.0 Å². The molecule has 0 saturated carbocycles. The molecule has 30 heteroatoms. The Balaban J connectivity index is 0.000000763. The average molecular weight is 1790 g/mol. The Hall–Kier alpha value is -8.16. The SMILES string of the molecule is CCCC(C)(C(C)NC(=O)c1cc(CC)on1)N(CC)CC.CCCC(C)(C(C)NC(=O)c1noc(CC)c1C)N(CC)CC.CCc1cc(C(=O)NC(C)C(C)(C)N(C)CC)no1.CCc1cc(C(=O)NC(C)C(C)(CC)N(CC)CC)no1.CCc1onc(C(=O)NC(C)C(C)(C)N(C)CC)c1C.CCc1onc(C(=O)NC(C)C(C)(CC)N(CC)CC)c1C. The van der Waals surface area contributed by atoms with Crippen LogP contribution in [0.3, 0.4) is 0 Å². The third-order valence-corrected chi connectivity index (χ3v) is 27.8. The molecule has 0 radical (unpaired) electrons. The highest BCUT2D eigenvalue weighted by atomic mass is 16.5. The molecule has 0 aromatic carbocycles. The highest BCUT2D eigenvalue weighted by Crippen LogP contribution is 2.31. The summed E-state index contributed by atoms with van der Waals surface area (Å²) in [6.45, 7) is 86.9. The minimum Gasteiger partial charge on any atom is -0.361 e. The molecule has 6 aromatic rings. The van der Waals surface area contributed by atoms with Crippen molar-refractivity contribution in [1.29, 1.82) is 0 Å². The van der Waals surface area contributed by atoms with Crippen LogP contribution >= 0.6 is 0 Å². The van der Waals surface area contributed by atoms with Crippen molar-refractivity contribution in [3.05, 3.63) is 104 Å². The van der Waals surface area contributed by atoms with Gasteiger partial charge in [0.15, 0.2) is 34.2 Å². The van der Waals surface area contributed by atoms with Crippen LogP contribution in [-0.2, 0) is 38.5 Å². The van der Waals surface area contributed by atoms with E-state index in [0.717, 1.165) is 194 Å². The van der Waals surface area contributed by atoms with Crippen molar-refractivity contribution in [2.45, 2.75) is 403 Å². The summed E-state index contributed by atoms with van der Waals surface area (Å²) in [7, 11) is 4.10. The maximum atomic E-state index is 12.6. The van der Waals surface area contributed by atoms with Crippen LogP contribution in [0, 0.1) is 20.8 Å². The van der Waals surface area contributed by atoms with E-state index in [0.29, 0.717) is 34.2 Å². The summed E-state index contributed by atoms with van der Waals surface area (Å²) in [5.41, 5.74) is 4.25. The predicted molar refractivity (Wildman–Crippen MR) is 512 cm³/mol. The van der Waals surface area contributed by atoms with Crippen molar-refractivity contribution in [2.75, 3.05) is 79.5 Å². The molecular weight excluding hydrogens is 1610 g/mol. The highest BCUT2D eigenvalue weighted by molar-refractivity contribution is 5.96. The van der Waals surface area contributed by atoms with E-state index in [1.807, 2.05) is 83.2 Å². The van der Waals surface area contributed by atoms with E-state index in [1.165, 1.54) is 0 Å². The summed E-state index contributed by atoms with van der Waals surface area (Å²) in [5, 5.41) is 41.7. The maximum Gasteiger partial charge on any atom is 0.274 e. The monoisotopic (exact) mass is 1790 g/mol. The van der Waals surface area contributed by atoms with Gasteiger partial charge in [-0.05, 0) is 223 Å². The van der Waals surface area contributed by atoms with Crippen LogP contribution in [0.25, 0.3) is 0 Å². The van der Waals surface area contributed by atoms with Crippen LogP contribution in [0.4, 0.5) is 0 Å². The summed E-state index contributed by atoms with van der Waals surface area (Å²) < 4.78 is 30.9. The van der Waals surface area contributed by atoms with Crippen LogP contribution in [0.1, 0.15) is 388 Å². The molecule has 6 heterocycles. The van der Waals surface area contributed by atoms with Crippen LogP contribution in [0.5, 0.6) is 0 Å². The van der Waals surface area contributed by atoms with Gasteiger partial charge in [0.05, 0.1) is 0 Å². The summed E-state index contributed by atoms with van der Waals surface area (Å²) in [4.78, 5) is 88.2. The van der Waals surface area contributed by atoms with E-state index < -0.39 is 0 Å². The van der Waals surface area contributed by atoms with Crippen LogP contribution in [-0.4, -0.2) is 245 Å². The molecule has 0 saturated heterocycles. The molecule has 10 atom stereocenters. The molecule has 0 fully saturated rings. The number of aryl methyl sites for hydroxylation is 6. The summed E-state index contributed by atoms with van der Waals surface area (Å²) in [5.74, 6) is 3.53. The van der Waals surface area contributed by atoms with E-state index in [4.69, 9.17) is 27.1 Å². The molecule has 726 valence electrons. The van der Waals surface area contributed by atoms with Crippen LogP contribution in [0.15, 0.2) is 45.3 Å². The number of nitrogens with one attached hydrogen (secondary N) is 6. The van der Waals surface area contributed by atoms with Crippen LogP contribution in [0.2, 0.25) is 0 Å². The van der Waals surface area contributed by atoms with Gasteiger partial charge in [0.1, 0.15) is 34.6 Å². The molecule has 30 nitrogen and oxygen atoms in total. The molecule has 0 aliphatic rings. The quantitative estimate of drug-likeness (QED) is 0.0207. The Morgan fingerprint density at radius 2 is 0.512 bits per heavy atom. The van der Waals surface area contributed by atoms with Gasteiger partial charge >= 0.3 is 0 Å². The summed E-state index contributed by atoms with van der Waals surface area (Å²) in [6, 6.07) is 5.23.